The molecule has 0 aliphatic heterocycles. The predicted octanol–water partition coefficient (Wildman–Crippen LogP) is 1.24. The first-order valence-electron chi connectivity index (χ1n) is 10.4. The smallest absolute Gasteiger partial charge is 0.210 e. The third kappa shape index (κ3) is 5.96. The zero-order valence-corrected chi connectivity index (χ0v) is 17.9. The lowest BCUT2D eigenvalue weighted by atomic mass is 10.1. The fourth-order valence-corrected chi connectivity index (χ4v) is 3.15. The molecule has 0 bridgehead atoms. The quantitative estimate of drug-likeness (QED) is 0.345. The van der Waals surface area contributed by atoms with E-state index in [2.05, 4.69) is 22.0 Å². The van der Waals surface area contributed by atoms with Crippen LogP contribution in [0.2, 0.25) is 0 Å². The van der Waals surface area contributed by atoms with E-state index in [1.54, 1.807) is 37.5 Å². The highest BCUT2D eigenvalue weighted by Gasteiger charge is 2.21. The van der Waals surface area contributed by atoms with E-state index in [-0.39, 0.29) is 31.8 Å². The zero-order chi connectivity index (χ0) is 22.9. The molecule has 0 saturated heterocycles. The minimum Gasteiger partial charge on any atom is -0.493 e. The molecule has 0 radical (unpaired) electrons. The molecule has 2 heterocycles. The Morgan fingerprint density at radius 1 is 1.19 bits per heavy atom. The van der Waals surface area contributed by atoms with E-state index in [4.69, 9.17) is 25.2 Å². The number of aliphatic hydroxyl groups is 3. The van der Waals surface area contributed by atoms with Crippen molar-refractivity contribution < 1.29 is 24.6 Å². The van der Waals surface area contributed by atoms with Gasteiger partial charge in [-0.25, -0.2) is 4.98 Å². The molecule has 0 saturated carbocycles. The minimum absolute atomic E-state index is 0.132. The Hall–Kier alpha value is -3.16. The molecule has 1 aromatic carbocycles. The molecule has 2 unspecified atom stereocenters. The van der Waals surface area contributed by atoms with Crippen LogP contribution < -0.4 is 10.5 Å². The highest BCUT2D eigenvalue weighted by atomic mass is 16.5. The van der Waals surface area contributed by atoms with Crippen molar-refractivity contribution in [2.24, 2.45) is 11.7 Å². The van der Waals surface area contributed by atoms with Gasteiger partial charge in [-0.2, -0.15) is 0 Å². The first-order valence-corrected chi connectivity index (χ1v) is 10.4. The van der Waals surface area contributed by atoms with E-state index in [9.17, 15) is 5.11 Å². The Morgan fingerprint density at radius 3 is 2.59 bits per heavy atom. The van der Waals surface area contributed by atoms with E-state index in [1.165, 1.54) is 0 Å². The fraction of sp³-hybridized carbons (Fsp3) is 0.391. The second kappa shape index (κ2) is 11.5. The van der Waals surface area contributed by atoms with Gasteiger partial charge in [0.15, 0.2) is 0 Å². The Bertz CT molecular complexity index is 1030. The number of aliphatic hydroxyl groups excluding tert-OH is 3. The third-order valence-corrected chi connectivity index (χ3v) is 4.90. The van der Waals surface area contributed by atoms with Gasteiger partial charge in [-0.05, 0) is 50.1 Å². The van der Waals surface area contributed by atoms with E-state index in [1.807, 2.05) is 16.7 Å². The summed E-state index contributed by atoms with van der Waals surface area (Å²) in [6.45, 7) is 2.06. The van der Waals surface area contributed by atoms with Crippen molar-refractivity contribution >= 4 is 0 Å². The lowest BCUT2D eigenvalue weighted by molar-refractivity contribution is 0.106. The number of nitrogens with zero attached hydrogens (tertiary/aromatic N) is 3. The third-order valence-electron chi connectivity index (χ3n) is 4.90. The number of aromatic nitrogens is 3. The number of hydrogen-bond donors (Lipinski definition) is 4. The Morgan fingerprint density at radius 2 is 1.94 bits per heavy atom. The number of benzene rings is 1. The van der Waals surface area contributed by atoms with Crippen molar-refractivity contribution in [3.8, 4) is 17.6 Å². The normalized spacial score (nSPS) is 12.9. The van der Waals surface area contributed by atoms with Gasteiger partial charge in [-0.1, -0.05) is 11.1 Å². The summed E-state index contributed by atoms with van der Waals surface area (Å²) in [6.07, 6.45) is 3.30. The zero-order valence-electron chi connectivity index (χ0n) is 17.9. The summed E-state index contributed by atoms with van der Waals surface area (Å²) < 4.78 is 12.8. The van der Waals surface area contributed by atoms with Crippen molar-refractivity contribution in [2.45, 2.75) is 25.5 Å². The average Bonchev–Trinajstić information content (AvgIpc) is 3.47. The van der Waals surface area contributed by atoms with Gasteiger partial charge in [0.25, 0.3) is 0 Å². The van der Waals surface area contributed by atoms with Crippen LogP contribution in [-0.2, 0) is 0 Å². The molecular formula is C23H28N4O5. The van der Waals surface area contributed by atoms with Crippen LogP contribution >= 0.6 is 0 Å². The molecule has 9 nitrogen and oxygen atoms in total. The van der Waals surface area contributed by atoms with Crippen LogP contribution in [0.5, 0.6) is 5.75 Å². The van der Waals surface area contributed by atoms with Crippen molar-refractivity contribution in [3.63, 3.8) is 0 Å². The second-order valence-electron chi connectivity index (χ2n) is 7.39. The molecule has 170 valence electrons. The van der Waals surface area contributed by atoms with Crippen LogP contribution in [0.25, 0.3) is 0 Å². The van der Waals surface area contributed by atoms with Crippen molar-refractivity contribution in [1.29, 1.82) is 0 Å². The topological polar surface area (TPSA) is 140 Å². The van der Waals surface area contributed by atoms with Crippen LogP contribution in [0.4, 0.5) is 0 Å². The summed E-state index contributed by atoms with van der Waals surface area (Å²) >= 11 is 0. The lowest BCUT2D eigenvalue weighted by Gasteiger charge is -2.18. The van der Waals surface area contributed by atoms with Crippen LogP contribution in [0.3, 0.4) is 0 Å². The summed E-state index contributed by atoms with van der Waals surface area (Å²) in [6, 6.07) is 8.71. The molecular weight excluding hydrogens is 412 g/mol. The van der Waals surface area contributed by atoms with Crippen LogP contribution in [0.15, 0.2) is 47.2 Å². The first-order chi connectivity index (χ1) is 15.5. The predicted molar refractivity (Wildman–Crippen MR) is 117 cm³/mol. The molecule has 9 heteroatoms. The van der Waals surface area contributed by atoms with Crippen molar-refractivity contribution in [3.05, 3.63) is 65.6 Å². The molecule has 0 spiro atoms. The largest absolute Gasteiger partial charge is 0.493 e. The summed E-state index contributed by atoms with van der Waals surface area (Å²) in [7, 11) is 0. The van der Waals surface area contributed by atoms with Gasteiger partial charge >= 0.3 is 0 Å². The second-order valence-corrected chi connectivity index (χ2v) is 7.39. The molecule has 0 aliphatic carbocycles. The van der Waals surface area contributed by atoms with Crippen LogP contribution in [0, 0.1) is 17.8 Å². The van der Waals surface area contributed by atoms with Gasteiger partial charge in [-0.3, -0.25) is 0 Å². The molecule has 32 heavy (non-hydrogen) atoms. The van der Waals surface area contributed by atoms with Gasteiger partial charge in [0.05, 0.1) is 25.9 Å². The average molecular weight is 441 g/mol. The molecule has 3 rings (SSSR count). The Kier molecular flexibility index (Phi) is 8.41. The Labute approximate surface area is 186 Å². The molecule has 2 aromatic heterocycles. The van der Waals surface area contributed by atoms with Gasteiger partial charge < -0.3 is 34.9 Å². The van der Waals surface area contributed by atoms with E-state index in [0.29, 0.717) is 36.0 Å². The van der Waals surface area contributed by atoms with Gasteiger partial charge in [0.1, 0.15) is 23.4 Å². The maximum Gasteiger partial charge on any atom is 0.210 e. The van der Waals surface area contributed by atoms with E-state index >= 15 is 0 Å². The highest BCUT2D eigenvalue weighted by molar-refractivity contribution is 5.42. The minimum atomic E-state index is -0.721. The molecule has 5 N–H and O–H groups in total. The summed E-state index contributed by atoms with van der Waals surface area (Å²) in [4.78, 5) is 4.22. The van der Waals surface area contributed by atoms with Crippen LogP contribution in [-0.4, -0.2) is 56.4 Å². The SMILES string of the molecule is CC(O)c1nccn1C(CCN)c1cc(C#Cc2ccc(OCC(CO)CO)cc2)on1. The molecule has 2 atom stereocenters. The van der Waals surface area contributed by atoms with Crippen molar-refractivity contribution in [2.75, 3.05) is 26.4 Å². The summed E-state index contributed by atoms with van der Waals surface area (Å²) in [5.74, 6) is 7.24. The standard InChI is InChI=1S/C23H28N4O5/c1-16(30)23-25-10-11-27(23)22(8-9-24)21-12-20(32-26-21)7-4-17-2-5-19(6-3-17)31-15-18(13-28)14-29/h2-3,5-6,10-12,16,18,22,28-30H,8-9,13-15,24H2,1H3. The monoisotopic (exact) mass is 440 g/mol. The van der Waals surface area contributed by atoms with E-state index in [0.717, 1.165) is 5.56 Å². The number of nitrogens with two attached hydrogens (primary N) is 1. The van der Waals surface area contributed by atoms with Gasteiger partial charge in [0.2, 0.25) is 5.76 Å². The number of hydrogen-bond acceptors (Lipinski definition) is 8. The lowest BCUT2D eigenvalue weighted by Crippen LogP contribution is -2.19. The molecule has 3 aromatic rings. The highest BCUT2D eigenvalue weighted by Crippen LogP contribution is 2.25. The maximum absolute atomic E-state index is 9.97. The number of imidazole rings is 1. The van der Waals surface area contributed by atoms with E-state index < -0.39 is 6.10 Å². The number of ether oxygens (including phenoxy) is 1. The molecule has 0 aliphatic rings. The fourth-order valence-electron chi connectivity index (χ4n) is 3.15. The first kappa shape index (κ1) is 23.5. The summed E-state index contributed by atoms with van der Waals surface area (Å²) in [5.41, 5.74) is 7.21. The van der Waals surface area contributed by atoms with Gasteiger partial charge in [-0.15, -0.1) is 0 Å². The number of rotatable bonds is 10. The maximum atomic E-state index is 9.97. The Balaban J connectivity index is 1.70. The van der Waals surface area contributed by atoms with Crippen molar-refractivity contribution in [1.82, 2.24) is 14.7 Å². The molecule has 0 amide bonds. The van der Waals surface area contributed by atoms with Gasteiger partial charge in [0, 0.05) is 29.9 Å². The van der Waals surface area contributed by atoms with Crippen LogP contribution in [0.1, 0.15) is 48.3 Å². The summed E-state index contributed by atoms with van der Waals surface area (Å²) in [5, 5.41) is 32.3. The molecule has 0 fully saturated rings.